The number of H-pyrrole nitrogens is 1. The lowest BCUT2D eigenvalue weighted by atomic mass is 10.0. The van der Waals surface area contributed by atoms with Gasteiger partial charge >= 0.3 is 0 Å². The number of aliphatic hydroxyl groups excluding tert-OH is 2. The van der Waals surface area contributed by atoms with Gasteiger partial charge in [-0.05, 0) is 35.5 Å². The topological polar surface area (TPSA) is 105 Å². The second-order valence-electron chi connectivity index (χ2n) is 4.19. The summed E-state index contributed by atoms with van der Waals surface area (Å²) in [7, 11) is 0. The second kappa shape index (κ2) is 5.95. The number of aromatic amines is 1. The zero-order valence-corrected chi connectivity index (χ0v) is 10.7. The maximum Gasteiger partial charge on any atom is 0.106 e. The van der Waals surface area contributed by atoms with Gasteiger partial charge < -0.3 is 15.2 Å². The molecule has 19 heavy (non-hydrogen) atoms. The summed E-state index contributed by atoms with van der Waals surface area (Å²) in [4.78, 5) is 5.61. The van der Waals surface area contributed by atoms with Gasteiger partial charge in [0.1, 0.15) is 6.10 Å². The first kappa shape index (κ1) is 13.7. The highest BCUT2D eigenvalue weighted by Crippen LogP contribution is 2.30. The standard InChI is InChI=1S/C12H13ClN4O2/c13-9-6-10-7(1-3-15-10)5-8(9)12(19)11(18)2-4-16-17-14/h1,3,5-6,11-12,15,18-19H,2,4H2. The third-order valence-corrected chi connectivity index (χ3v) is 3.27. The summed E-state index contributed by atoms with van der Waals surface area (Å²) in [6, 6.07) is 5.29. The molecule has 0 saturated heterocycles. The van der Waals surface area contributed by atoms with E-state index in [9.17, 15) is 10.2 Å². The lowest BCUT2D eigenvalue weighted by Crippen LogP contribution is -2.19. The molecule has 2 rings (SSSR count). The Morgan fingerprint density at radius 1 is 1.42 bits per heavy atom. The van der Waals surface area contributed by atoms with Gasteiger partial charge in [-0.1, -0.05) is 16.7 Å². The minimum Gasteiger partial charge on any atom is -0.390 e. The van der Waals surface area contributed by atoms with Crippen molar-refractivity contribution in [3.63, 3.8) is 0 Å². The zero-order chi connectivity index (χ0) is 13.8. The number of hydrogen-bond donors (Lipinski definition) is 3. The van der Waals surface area contributed by atoms with Crippen molar-refractivity contribution in [3.8, 4) is 0 Å². The van der Waals surface area contributed by atoms with E-state index in [1.165, 1.54) is 0 Å². The number of fused-ring (bicyclic) bond motifs is 1. The molecule has 0 aliphatic heterocycles. The Balaban J connectivity index is 2.21. The zero-order valence-electron chi connectivity index (χ0n) is 9.99. The SMILES string of the molecule is [N-]=[N+]=NCCC(O)C(O)c1cc2cc[nH]c2cc1Cl. The highest BCUT2D eigenvalue weighted by molar-refractivity contribution is 6.32. The van der Waals surface area contributed by atoms with Gasteiger partial charge in [-0.25, -0.2) is 0 Å². The van der Waals surface area contributed by atoms with E-state index < -0.39 is 12.2 Å². The molecule has 0 spiro atoms. The van der Waals surface area contributed by atoms with Gasteiger partial charge in [0.15, 0.2) is 0 Å². The molecule has 6 nitrogen and oxygen atoms in total. The van der Waals surface area contributed by atoms with E-state index in [1.54, 1.807) is 18.3 Å². The van der Waals surface area contributed by atoms with Crippen LogP contribution in [0.15, 0.2) is 29.5 Å². The van der Waals surface area contributed by atoms with Crippen molar-refractivity contribution in [2.75, 3.05) is 6.54 Å². The first-order valence-electron chi connectivity index (χ1n) is 5.77. The Labute approximate surface area is 114 Å². The molecule has 2 aromatic rings. The van der Waals surface area contributed by atoms with E-state index in [2.05, 4.69) is 15.0 Å². The molecule has 1 heterocycles. The van der Waals surface area contributed by atoms with Crippen molar-refractivity contribution in [1.82, 2.24) is 4.98 Å². The Morgan fingerprint density at radius 3 is 2.95 bits per heavy atom. The number of halogens is 1. The molecule has 2 atom stereocenters. The minimum atomic E-state index is -1.11. The normalized spacial score (nSPS) is 14.1. The van der Waals surface area contributed by atoms with E-state index in [4.69, 9.17) is 17.1 Å². The van der Waals surface area contributed by atoms with Gasteiger partial charge in [-0.3, -0.25) is 0 Å². The monoisotopic (exact) mass is 280 g/mol. The van der Waals surface area contributed by atoms with Crippen molar-refractivity contribution in [2.45, 2.75) is 18.6 Å². The van der Waals surface area contributed by atoms with Gasteiger partial charge in [0.05, 0.1) is 6.10 Å². The minimum absolute atomic E-state index is 0.124. The first-order chi connectivity index (χ1) is 9.13. The summed E-state index contributed by atoms with van der Waals surface area (Å²) in [6.07, 6.45) is -0.192. The number of aromatic nitrogens is 1. The fourth-order valence-electron chi connectivity index (χ4n) is 1.92. The Hall–Kier alpha value is -1.72. The maximum absolute atomic E-state index is 10.1. The van der Waals surface area contributed by atoms with Crippen molar-refractivity contribution < 1.29 is 10.2 Å². The lowest BCUT2D eigenvalue weighted by molar-refractivity contribution is 0.0152. The van der Waals surface area contributed by atoms with E-state index in [-0.39, 0.29) is 13.0 Å². The molecule has 0 saturated carbocycles. The molecule has 0 bridgehead atoms. The predicted molar refractivity (Wildman–Crippen MR) is 72.9 cm³/mol. The summed E-state index contributed by atoms with van der Waals surface area (Å²) < 4.78 is 0. The molecule has 0 fully saturated rings. The molecule has 2 unspecified atom stereocenters. The predicted octanol–water partition coefficient (Wildman–Crippen LogP) is 2.92. The van der Waals surface area contributed by atoms with Gasteiger partial charge in [0, 0.05) is 33.8 Å². The van der Waals surface area contributed by atoms with E-state index in [0.29, 0.717) is 10.6 Å². The molecule has 1 aromatic heterocycles. The molecule has 100 valence electrons. The molecule has 0 amide bonds. The summed E-state index contributed by atoms with van der Waals surface area (Å²) in [5.41, 5.74) is 9.49. The fourth-order valence-corrected chi connectivity index (χ4v) is 2.19. The van der Waals surface area contributed by atoms with E-state index in [0.717, 1.165) is 10.9 Å². The highest BCUT2D eigenvalue weighted by atomic mass is 35.5. The Morgan fingerprint density at radius 2 is 2.21 bits per heavy atom. The number of hydrogen-bond acceptors (Lipinski definition) is 3. The summed E-state index contributed by atoms with van der Waals surface area (Å²) >= 11 is 6.09. The van der Waals surface area contributed by atoms with Crippen LogP contribution >= 0.6 is 11.6 Å². The largest absolute Gasteiger partial charge is 0.390 e. The number of azide groups is 1. The van der Waals surface area contributed by atoms with Crippen LogP contribution in [0.25, 0.3) is 21.3 Å². The van der Waals surface area contributed by atoms with Gasteiger partial charge in [0.25, 0.3) is 0 Å². The van der Waals surface area contributed by atoms with Crippen molar-refractivity contribution in [2.24, 2.45) is 5.11 Å². The maximum atomic E-state index is 10.1. The first-order valence-corrected chi connectivity index (χ1v) is 6.15. The van der Waals surface area contributed by atoms with E-state index >= 15 is 0 Å². The number of benzene rings is 1. The fraction of sp³-hybridized carbons (Fsp3) is 0.333. The Bertz CT molecular complexity index is 621. The average Bonchev–Trinajstić information content (AvgIpc) is 2.84. The molecule has 1 aromatic carbocycles. The highest BCUT2D eigenvalue weighted by Gasteiger charge is 2.21. The van der Waals surface area contributed by atoms with Gasteiger partial charge in [-0.15, -0.1) is 0 Å². The van der Waals surface area contributed by atoms with Crippen LogP contribution in [0.3, 0.4) is 0 Å². The van der Waals surface area contributed by atoms with Crippen LogP contribution in [-0.2, 0) is 0 Å². The summed E-state index contributed by atoms with van der Waals surface area (Å²) in [5, 5.41) is 24.5. The van der Waals surface area contributed by atoms with Crippen molar-refractivity contribution >= 4 is 22.5 Å². The molecular formula is C12H13ClN4O2. The quantitative estimate of drug-likeness (QED) is 0.445. The van der Waals surface area contributed by atoms with Gasteiger partial charge in [-0.2, -0.15) is 0 Å². The molecular weight excluding hydrogens is 268 g/mol. The number of nitrogens with zero attached hydrogens (tertiary/aromatic N) is 3. The van der Waals surface area contributed by atoms with E-state index in [1.807, 2.05) is 6.07 Å². The molecule has 0 radical (unpaired) electrons. The van der Waals surface area contributed by atoms with Crippen LogP contribution in [0, 0.1) is 0 Å². The Kier molecular flexibility index (Phi) is 4.29. The third-order valence-electron chi connectivity index (χ3n) is 2.94. The van der Waals surface area contributed by atoms with Crippen LogP contribution in [0.1, 0.15) is 18.1 Å². The summed E-state index contributed by atoms with van der Waals surface area (Å²) in [6.45, 7) is 0.124. The third kappa shape index (κ3) is 3.00. The molecule has 0 aliphatic carbocycles. The number of rotatable bonds is 5. The lowest BCUT2D eigenvalue weighted by Gasteiger charge is -2.18. The van der Waals surface area contributed by atoms with Crippen molar-refractivity contribution in [3.05, 3.63) is 45.4 Å². The van der Waals surface area contributed by atoms with Crippen LogP contribution in [-0.4, -0.2) is 27.8 Å². The van der Waals surface area contributed by atoms with Crippen LogP contribution in [0.2, 0.25) is 5.02 Å². The summed E-state index contributed by atoms with van der Waals surface area (Å²) in [5.74, 6) is 0. The van der Waals surface area contributed by atoms with Gasteiger partial charge in [0.2, 0.25) is 0 Å². The van der Waals surface area contributed by atoms with Crippen LogP contribution in [0.5, 0.6) is 0 Å². The molecule has 7 heteroatoms. The number of aliphatic hydroxyl groups is 2. The molecule has 3 N–H and O–H groups in total. The van der Waals surface area contributed by atoms with Crippen molar-refractivity contribution in [1.29, 1.82) is 0 Å². The van der Waals surface area contributed by atoms with Crippen LogP contribution in [0.4, 0.5) is 0 Å². The number of nitrogens with one attached hydrogen (secondary N) is 1. The average molecular weight is 281 g/mol. The van der Waals surface area contributed by atoms with Crippen LogP contribution < -0.4 is 0 Å². The smallest absolute Gasteiger partial charge is 0.106 e. The second-order valence-corrected chi connectivity index (χ2v) is 4.60. The molecule has 0 aliphatic rings.